The lowest BCUT2D eigenvalue weighted by molar-refractivity contribution is 0.0953. The zero-order chi connectivity index (χ0) is 20.1. The molecule has 1 aromatic heterocycles. The highest BCUT2D eigenvalue weighted by molar-refractivity contribution is 7.15. The topological polar surface area (TPSA) is 60.5 Å². The van der Waals surface area contributed by atoms with Crippen molar-refractivity contribution in [2.45, 2.75) is 13.3 Å². The van der Waals surface area contributed by atoms with Crippen molar-refractivity contribution in [3.8, 4) is 22.1 Å². The number of methoxy groups -OCH3 is 2. The minimum absolute atomic E-state index is 0.290. The van der Waals surface area contributed by atoms with E-state index in [-0.39, 0.29) is 5.91 Å². The maximum Gasteiger partial charge on any atom is 0.251 e. The predicted molar refractivity (Wildman–Crippen MR) is 108 cm³/mol. The predicted octanol–water partition coefficient (Wildman–Crippen LogP) is 4.25. The van der Waals surface area contributed by atoms with E-state index in [1.54, 1.807) is 31.6 Å². The SMILES string of the molecule is COc1ccc(-c2nc(C)c(CCNC(=O)c3cccc(F)c3)s2)cc1OC. The van der Waals surface area contributed by atoms with Crippen molar-refractivity contribution in [3.63, 3.8) is 0 Å². The van der Waals surface area contributed by atoms with Crippen molar-refractivity contribution in [3.05, 3.63) is 64.4 Å². The van der Waals surface area contributed by atoms with Crippen LogP contribution in [0.25, 0.3) is 10.6 Å². The first-order valence-electron chi connectivity index (χ1n) is 8.74. The molecule has 2 aromatic carbocycles. The summed E-state index contributed by atoms with van der Waals surface area (Å²) in [6.45, 7) is 2.40. The highest BCUT2D eigenvalue weighted by Gasteiger charge is 2.13. The summed E-state index contributed by atoms with van der Waals surface area (Å²) in [7, 11) is 3.20. The van der Waals surface area contributed by atoms with Gasteiger partial charge in [0.2, 0.25) is 0 Å². The number of carbonyl (C=O) groups is 1. The van der Waals surface area contributed by atoms with Gasteiger partial charge >= 0.3 is 0 Å². The highest BCUT2D eigenvalue weighted by atomic mass is 32.1. The Bertz CT molecular complexity index is 988. The summed E-state index contributed by atoms with van der Waals surface area (Å²) in [5.41, 5.74) is 2.18. The Morgan fingerprint density at radius 3 is 2.64 bits per heavy atom. The largest absolute Gasteiger partial charge is 0.493 e. The molecule has 0 radical (unpaired) electrons. The monoisotopic (exact) mass is 400 g/mol. The number of hydrogen-bond acceptors (Lipinski definition) is 5. The van der Waals surface area contributed by atoms with Gasteiger partial charge in [-0.25, -0.2) is 9.37 Å². The van der Waals surface area contributed by atoms with Crippen molar-refractivity contribution < 1.29 is 18.7 Å². The first-order valence-corrected chi connectivity index (χ1v) is 9.56. The number of benzene rings is 2. The number of hydrogen-bond donors (Lipinski definition) is 1. The van der Waals surface area contributed by atoms with E-state index in [1.807, 2.05) is 25.1 Å². The number of aryl methyl sites for hydroxylation is 1. The van der Waals surface area contributed by atoms with Gasteiger partial charge in [-0.1, -0.05) is 6.07 Å². The molecule has 0 aliphatic carbocycles. The molecule has 0 bridgehead atoms. The van der Waals surface area contributed by atoms with Crippen LogP contribution in [0.3, 0.4) is 0 Å². The quantitative estimate of drug-likeness (QED) is 0.644. The number of thiazole rings is 1. The number of rotatable bonds is 7. The lowest BCUT2D eigenvalue weighted by atomic mass is 10.2. The molecule has 0 unspecified atom stereocenters. The van der Waals surface area contributed by atoms with Gasteiger partial charge in [0, 0.05) is 29.0 Å². The van der Waals surface area contributed by atoms with E-state index < -0.39 is 5.82 Å². The zero-order valence-electron chi connectivity index (χ0n) is 15.9. The van der Waals surface area contributed by atoms with Gasteiger partial charge < -0.3 is 14.8 Å². The van der Waals surface area contributed by atoms with Crippen molar-refractivity contribution in [1.29, 1.82) is 0 Å². The Kier molecular flexibility index (Phi) is 6.26. The molecule has 0 aliphatic rings. The molecular formula is C21H21FN2O3S. The van der Waals surface area contributed by atoms with Gasteiger partial charge in [0.05, 0.1) is 19.9 Å². The molecule has 5 nitrogen and oxygen atoms in total. The Morgan fingerprint density at radius 1 is 1.14 bits per heavy atom. The standard InChI is InChI=1S/C21H21FN2O3S/c1-13-19(9-10-23-20(25)14-5-4-6-16(22)11-14)28-21(24-13)15-7-8-17(26-2)18(12-15)27-3/h4-8,11-12H,9-10H2,1-3H3,(H,23,25). The van der Waals surface area contributed by atoms with Crippen molar-refractivity contribution in [2.24, 2.45) is 0 Å². The zero-order valence-corrected chi connectivity index (χ0v) is 16.7. The number of amides is 1. The molecule has 0 saturated heterocycles. The molecule has 0 fully saturated rings. The van der Waals surface area contributed by atoms with E-state index in [0.29, 0.717) is 30.0 Å². The summed E-state index contributed by atoms with van der Waals surface area (Å²) >= 11 is 1.58. The van der Waals surface area contributed by atoms with Crippen molar-refractivity contribution in [2.75, 3.05) is 20.8 Å². The van der Waals surface area contributed by atoms with E-state index in [0.717, 1.165) is 21.1 Å². The molecular weight excluding hydrogens is 379 g/mol. The molecule has 0 aliphatic heterocycles. The molecule has 1 heterocycles. The summed E-state index contributed by atoms with van der Waals surface area (Å²) in [6.07, 6.45) is 0.651. The average Bonchev–Trinajstić information content (AvgIpc) is 3.08. The molecule has 0 saturated carbocycles. The Labute approximate surface area is 167 Å². The molecule has 0 spiro atoms. The molecule has 1 N–H and O–H groups in total. The number of halogens is 1. The van der Waals surface area contributed by atoms with Gasteiger partial charge in [0.25, 0.3) is 5.91 Å². The maximum atomic E-state index is 13.2. The number of nitrogens with zero attached hydrogens (tertiary/aromatic N) is 1. The van der Waals surface area contributed by atoms with Crippen LogP contribution in [0.2, 0.25) is 0 Å². The Balaban J connectivity index is 1.67. The first kappa shape index (κ1) is 19.8. The van der Waals surface area contributed by atoms with E-state index in [9.17, 15) is 9.18 Å². The van der Waals surface area contributed by atoms with Crippen LogP contribution in [0.15, 0.2) is 42.5 Å². The van der Waals surface area contributed by atoms with E-state index >= 15 is 0 Å². The summed E-state index contributed by atoms with van der Waals surface area (Å²) in [6, 6.07) is 11.3. The van der Waals surface area contributed by atoms with E-state index in [4.69, 9.17) is 9.47 Å². The fourth-order valence-electron chi connectivity index (χ4n) is 2.77. The van der Waals surface area contributed by atoms with Crippen LogP contribution < -0.4 is 14.8 Å². The normalized spacial score (nSPS) is 10.6. The summed E-state index contributed by atoms with van der Waals surface area (Å²) < 4.78 is 23.9. The van der Waals surface area contributed by atoms with E-state index in [2.05, 4.69) is 10.3 Å². The smallest absolute Gasteiger partial charge is 0.251 e. The van der Waals surface area contributed by atoms with Gasteiger partial charge in [-0.15, -0.1) is 11.3 Å². The third-order valence-electron chi connectivity index (χ3n) is 4.25. The fraction of sp³-hybridized carbons (Fsp3) is 0.238. The third kappa shape index (κ3) is 4.48. The average molecular weight is 400 g/mol. The second-order valence-electron chi connectivity index (χ2n) is 6.11. The summed E-state index contributed by atoms with van der Waals surface area (Å²) in [4.78, 5) is 17.8. The van der Waals surface area contributed by atoms with Gasteiger partial charge in [-0.3, -0.25) is 4.79 Å². The molecule has 7 heteroatoms. The number of nitrogens with one attached hydrogen (secondary N) is 1. The van der Waals surface area contributed by atoms with Crippen molar-refractivity contribution >= 4 is 17.2 Å². The highest BCUT2D eigenvalue weighted by Crippen LogP contribution is 2.35. The minimum Gasteiger partial charge on any atom is -0.493 e. The molecule has 3 rings (SSSR count). The number of aromatic nitrogens is 1. The second kappa shape index (κ2) is 8.84. The Morgan fingerprint density at radius 2 is 1.93 bits per heavy atom. The molecule has 0 atom stereocenters. The molecule has 1 amide bonds. The molecule has 28 heavy (non-hydrogen) atoms. The Hall–Kier alpha value is -2.93. The van der Waals surface area contributed by atoms with Crippen molar-refractivity contribution in [1.82, 2.24) is 10.3 Å². The number of carbonyl (C=O) groups excluding carboxylic acids is 1. The second-order valence-corrected chi connectivity index (χ2v) is 7.20. The van der Waals surface area contributed by atoms with Gasteiger partial charge in [0.15, 0.2) is 11.5 Å². The fourth-order valence-corrected chi connectivity index (χ4v) is 3.83. The van der Waals surface area contributed by atoms with Crippen LogP contribution in [-0.4, -0.2) is 31.7 Å². The maximum absolute atomic E-state index is 13.2. The van der Waals surface area contributed by atoms with Gasteiger partial charge in [-0.2, -0.15) is 0 Å². The van der Waals surface area contributed by atoms with Gasteiger partial charge in [0.1, 0.15) is 10.8 Å². The van der Waals surface area contributed by atoms with Crippen LogP contribution in [0.5, 0.6) is 11.5 Å². The first-order chi connectivity index (χ1) is 13.5. The lowest BCUT2D eigenvalue weighted by Crippen LogP contribution is -2.25. The van der Waals surface area contributed by atoms with Crippen LogP contribution in [0, 0.1) is 12.7 Å². The molecule has 146 valence electrons. The van der Waals surface area contributed by atoms with Crippen LogP contribution in [0.1, 0.15) is 20.9 Å². The lowest BCUT2D eigenvalue weighted by Gasteiger charge is -2.08. The third-order valence-corrected chi connectivity index (χ3v) is 5.51. The summed E-state index contributed by atoms with van der Waals surface area (Å²) in [5, 5.41) is 3.70. The van der Waals surface area contributed by atoms with Crippen LogP contribution in [0.4, 0.5) is 4.39 Å². The van der Waals surface area contributed by atoms with Crippen LogP contribution in [-0.2, 0) is 6.42 Å². The minimum atomic E-state index is -0.425. The van der Waals surface area contributed by atoms with Gasteiger partial charge in [-0.05, 0) is 43.3 Å². The van der Waals surface area contributed by atoms with Crippen LogP contribution >= 0.6 is 11.3 Å². The summed E-state index contributed by atoms with van der Waals surface area (Å²) in [5.74, 6) is 0.601. The van der Waals surface area contributed by atoms with E-state index in [1.165, 1.54) is 18.2 Å². The molecule has 3 aromatic rings. The number of ether oxygens (including phenoxy) is 2.